The minimum atomic E-state index is -0.466. The van der Waals surface area contributed by atoms with E-state index in [9.17, 15) is 9.90 Å². The zero-order valence-electron chi connectivity index (χ0n) is 24.0. The molecule has 40 heavy (non-hydrogen) atoms. The first-order valence-electron chi connectivity index (χ1n) is 14.3. The summed E-state index contributed by atoms with van der Waals surface area (Å²) in [7, 11) is 1.00. The van der Waals surface area contributed by atoms with Crippen molar-refractivity contribution in [1.82, 2.24) is 0 Å². The zero-order valence-corrected chi connectivity index (χ0v) is 25.6. The number of aliphatic hydroxyl groups excluding tert-OH is 2. The third-order valence-corrected chi connectivity index (χ3v) is 9.19. The normalized spacial score (nSPS) is 20.4. The number of nitrogens with zero attached hydrogens (tertiary/aromatic N) is 1. The van der Waals surface area contributed by atoms with Gasteiger partial charge in [0, 0.05) is 36.2 Å². The molecule has 4 N–H and O–H groups in total. The van der Waals surface area contributed by atoms with Gasteiger partial charge in [-0.15, -0.1) is 0 Å². The van der Waals surface area contributed by atoms with Crippen LogP contribution >= 0.6 is 24.2 Å². The molecule has 220 valence electrons. The van der Waals surface area contributed by atoms with Gasteiger partial charge < -0.3 is 25.6 Å². The highest BCUT2D eigenvalue weighted by Gasteiger charge is 2.41. The molecule has 1 amide bonds. The Morgan fingerprint density at radius 3 is 2.75 bits per heavy atom. The van der Waals surface area contributed by atoms with Gasteiger partial charge in [-0.25, -0.2) is 0 Å². The van der Waals surface area contributed by atoms with Crippen molar-refractivity contribution in [3.8, 4) is 5.75 Å². The number of carbonyl (C=O) groups is 1. The van der Waals surface area contributed by atoms with Crippen molar-refractivity contribution in [3.05, 3.63) is 70.3 Å². The summed E-state index contributed by atoms with van der Waals surface area (Å²) < 4.78 is 6.48. The van der Waals surface area contributed by atoms with Crippen molar-refractivity contribution in [3.63, 3.8) is 0 Å². The summed E-state index contributed by atoms with van der Waals surface area (Å²) in [6.45, 7) is 6.46. The molecular weight excluding hydrogens is 544 g/mol. The average molecular weight is 589 g/mol. The van der Waals surface area contributed by atoms with Crippen LogP contribution in [0.3, 0.4) is 0 Å². The number of allylic oxidation sites excluding steroid dienone is 1. The molecule has 1 heterocycles. The summed E-state index contributed by atoms with van der Waals surface area (Å²) in [6.07, 6.45) is 9.67. The van der Waals surface area contributed by atoms with Crippen LogP contribution in [0.15, 0.2) is 48.6 Å². The minimum absolute atomic E-state index is 0.132. The Labute approximate surface area is 250 Å². The summed E-state index contributed by atoms with van der Waals surface area (Å²) in [5.41, 5.74) is 9.56. The number of aliphatic hydroxyl groups is 2. The molecule has 6 nitrogen and oxygen atoms in total. The van der Waals surface area contributed by atoms with Crippen molar-refractivity contribution >= 4 is 35.8 Å². The molecule has 0 fully saturated rings. The topological polar surface area (TPSA) is 96.0 Å². The number of nitrogens with two attached hydrogens (primary N) is 1. The molecule has 0 saturated carbocycles. The molecule has 1 aliphatic heterocycles. The van der Waals surface area contributed by atoms with E-state index >= 15 is 0 Å². The van der Waals surface area contributed by atoms with Gasteiger partial charge >= 0.3 is 0 Å². The van der Waals surface area contributed by atoms with Crippen molar-refractivity contribution in [2.24, 2.45) is 17.6 Å². The van der Waals surface area contributed by atoms with Crippen LogP contribution in [0.25, 0.3) is 0 Å². The molecule has 4 atom stereocenters. The molecule has 1 spiro atoms. The number of amides is 1. The number of anilines is 1. The SMILES string of the molecule is CC[C@@H](C/C=C/C(O)[C@H](C)CS)CCN1C[C@@]2(CCCc3cc(Cl)ccc32)COc2ccc(C(N)=O)cc21.CO. The standard InChI is InChI=1S/C31H41ClN2O3S.CH4O/c1-3-22(6-4-8-28(35)21(2)18-38)13-15-34-19-31(14-5-7-23-16-25(32)10-11-26(23)31)20-37-29-12-9-24(30(33)36)17-27(29)34;1-2/h4,8-12,16-17,21-22,28,35,38H,3,5-7,13-15,18-20H2,1-2H3,(H2,33,36);2H,1H3/b8-4+;/t21-,22+,28?,31+;/m1./s1. The molecule has 0 aromatic heterocycles. The van der Waals surface area contributed by atoms with Crippen LogP contribution in [0.5, 0.6) is 5.75 Å². The first kappa shape index (κ1) is 32.3. The second kappa shape index (κ2) is 15.2. The molecule has 1 unspecified atom stereocenters. The van der Waals surface area contributed by atoms with Gasteiger partial charge in [-0.3, -0.25) is 4.79 Å². The van der Waals surface area contributed by atoms with E-state index in [2.05, 4.69) is 42.7 Å². The van der Waals surface area contributed by atoms with Crippen molar-refractivity contribution in [2.45, 2.75) is 63.9 Å². The van der Waals surface area contributed by atoms with Crippen LogP contribution in [0.2, 0.25) is 5.02 Å². The second-order valence-electron chi connectivity index (χ2n) is 11.1. The lowest BCUT2D eigenvalue weighted by molar-refractivity contribution is 0.1000. The molecule has 1 aliphatic carbocycles. The molecule has 0 bridgehead atoms. The molecule has 8 heteroatoms. The quantitative estimate of drug-likeness (QED) is 0.207. The van der Waals surface area contributed by atoms with Crippen molar-refractivity contribution in [1.29, 1.82) is 0 Å². The molecule has 0 saturated heterocycles. The highest BCUT2D eigenvalue weighted by Crippen LogP contribution is 2.44. The number of fused-ring (bicyclic) bond motifs is 3. The lowest BCUT2D eigenvalue weighted by Gasteiger charge is -2.41. The Bertz CT molecular complexity index is 1160. The van der Waals surface area contributed by atoms with E-state index in [0.29, 0.717) is 23.8 Å². The predicted molar refractivity (Wildman–Crippen MR) is 168 cm³/mol. The Balaban J connectivity index is 0.00000216. The maximum Gasteiger partial charge on any atom is 0.248 e. The maximum atomic E-state index is 12.0. The third kappa shape index (κ3) is 7.75. The smallest absolute Gasteiger partial charge is 0.248 e. The van der Waals surface area contributed by atoms with Gasteiger partial charge in [-0.2, -0.15) is 12.6 Å². The number of carbonyl (C=O) groups excluding carboxylic acids is 1. The lowest BCUT2D eigenvalue weighted by Crippen LogP contribution is -2.46. The minimum Gasteiger partial charge on any atom is -0.490 e. The summed E-state index contributed by atoms with van der Waals surface area (Å²) in [5.74, 6) is 1.63. The third-order valence-electron chi connectivity index (χ3n) is 8.38. The van der Waals surface area contributed by atoms with Crippen LogP contribution in [0, 0.1) is 11.8 Å². The predicted octanol–water partition coefficient (Wildman–Crippen LogP) is 5.81. The number of rotatable bonds is 10. The Kier molecular flexibility index (Phi) is 12.2. The van der Waals surface area contributed by atoms with E-state index in [4.69, 9.17) is 27.2 Å². The van der Waals surface area contributed by atoms with E-state index in [0.717, 1.165) is 75.2 Å². The zero-order chi connectivity index (χ0) is 29.3. The average Bonchev–Trinajstić information content (AvgIpc) is 3.12. The maximum absolute atomic E-state index is 12.0. The number of thiol groups is 1. The monoisotopic (exact) mass is 588 g/mol. The van der Waals surface area contributed by atoms with E-state index in [1.54, 1.807) is 6.07 Å². The van der Waals surface area contributed by atoms with Crippen LogP contribution in [0.1, 0.15) is 67.4 Å². The lowest BCUT2D eigenvalue weighted by atomic mass is 9.70. The fourth-order valence-electron chi connectivity index (χ4n) is 5.84. The second-order valence-corrected chi connectivity index (χ2v) is 11.9. The summed E-state index contributed by atoms with van der Waals surface area (Å²) >= 11 is 10.7. The largest absolute Gasteiger partial charge is 0.490 e. The Morgan fingerprint density at radius 1 is 1.27 bits per heavy atom. The fourth-order valence-corrected chi connectivity index (χ4v) is 6.25. The number of hydrogen-bond donors (Lipinski definition) is 4. The van der Waals surface area contributed by atoms with Crippen LogP contribution in [-0.4, -0.2) is 54.8 Å². The van der Waals surface area contributed by atoms with E-state index in [1.807, 2.05) is 31.2 Å². The number of halogens is 1. The van der Waals surface area contributed by atoms with Gasteiger partial charge in [0.1, 0.15) is 5.75 Å². The number of primary amides is 1. The summed E-state index contributed by atoms with van der Waals surface area (Å²) in [6, 6.07) is 11.8. The van der Waals surface area contributed by atoms with E-state index in [1.165, 1.54) is 11.1 Å². The molecule has 0 radical (unpaired) electrons. The van der Waals surface area contributed by atoms with Crippen molar-refractivity contribution < 1.29 is 19.7 Å². The van der Waals surface area contributed by atoms with Gasteiger partial charge in [0.15, 0.2) is 0 Å². The fraction of sp³-hybridized carbons (Fsp3) is 0.531. The molecule has 2 aromatic rings. The van der Waals surface area contributed by atoms with Crippen LogP contribution < -0.4 is 15.4 Å². The highest BCUT2D eigenvalue weighted by atomic mass is 35.5. The highest BCUT2D eigenvalue weighted by molar-refractivity contribution is 7.80. The van der Waals surface area contributed by atoms with Crippen LogP contribution in [0.4, 0.5) is 5.69 Å². The summed E-state index contributed by atoms with van der Waals surface area (Å²) in [4.78, 5) is 14.4. The Morgan fingerprint density at radius 2 is 2.05 bits per heavy atom. The summed E-state index contributed by atoms with van der Waals surface area (Å²) in [5, 5.41) is 18.1. The van der Waals surface area contributed by atoms with Gasteiger partial charge in [0.25, 0.3) is 0 Å². The molecule has 2 aromatic carbocycles. The molecular formula is C32H45ClN2O4S. The van der Waals surface area contributed by atoms with Gasteiger partial charge in [0.05, 0.1) is 18.4 Å². The van der Waals surface area contributed by atoms with E-state index < -0.39 is 12.0 Å². The van der Waals surface area contributed by atoms with Crippen LogP contribution in [-0.2, 0) is 11.8 Å². The molecule has 2 aliphatic rings. The number of ether oxygens (including phenoxy) is 1. The Hall–Kier alpha value is -2.19. The number of aryl methyl sites for hydroxylation is 1. The van der Waals surface area contributed by atoms with Gasteiger partial charge in [0.2, 0.25) is 5.91 Å². The first-order valence-corrected chi connectivity index (χ1v) is 15.3. The van der Waals surface area contributed by atoms with E-state index in [-0.39, 0.29) is 11.3 Å². The number of benzene rings is 2. The first-order chi connectivity index (χ1) is 19.3. The van der Waals surface area contributed by atoms with Gasteiger partial charge in [-0.1, -0.05) is 50.1 Å². The molecule has 4 rings (SSSR count). The van der Waals surface area contributed by atoms with Gasteiger partial charge in [-0.05, 0) is 91.2 Å². The van der Waals surface area contributed by atoms with Crippen molar-refractivity contribution in [2.75, 3.05) is 37.5 Å². The number of hydrogen-bond acceptors (Lipinski definition) is 6.